The van der Waals surface area contributed by atoms with Gasteiger partial charge in [0.15, 0.2) is 4.32 Å². The van der Waals surface area contributed by atoms with Gasteiger partial charge in [0.1, 0.15) is 11.5 Å². The molecule has 4 rings (SSSR count). The summed E-state index contributed by atoms with van der Waals surface area (Å²) in [6.07, 6.45) is 1.48. The Kier molecular flexibility index (Phi) is 5.65. The van der Waals surface area contributed by atoms with Crippen molar-refractivity contribution in [3.8, 4) is 11.3 Å². The molecule has 8 nitrogen and oxygen atoms in total. The molecule has 0 spiro atoms. The largest absolute Gasteiger partial charge is 0.456 e. The minimum Gasteiger partial charge on any atom is -0.456 e. The highest BCUT2D eigenvalue weighted by Gasteiger charge is 2.34. The van der Waals surface area contributed by atoms with Crippen LogP contribution in [0.4, 0.5) is 5.69 Å². The minimum atomic E-state index is -0.497. The van der Waals surface area contributed by atoms with Crippen LogP contribution < -0.4 is 5.43 Å². The van der Waals surface area contributed by atoms with Gasteiger partial charge in [0.2, 0.25) is 0 Å². The number of para-hydroxylation sites is 1. The first kappa shape index (κ1) is 20.5. The van der Waals surface area contributed by atoms with Gasteiger partial charge in [0.05, 0.1) is 15.4 Å². The SMILES string of the molecule is O=C(NN1C(=O)/C(=C\c2ccc(-c3ccccc3[N+](=O)[O-])o2)SC1=S)c1ccccc1. The van der Waals surface area contributed by atoms with Crippen LogP contribution in [0.2, 0.25) is 0 Å². The predicted octanol–water partition coefficient (Wildman–Crippen LogP) is 4.40. The molecule has 0 atom stereocenters. The first-order valence-corrected chi connectivity index (χ1v) is 10.1. The average Bonchev–Trinajstić information content (AvgIpc) is 3.34. The number of hydrogen-bond acceptors (Lipinski definition) is 7. The van der Waals surface area contributed by atoms with Crippen molar-refractivity contribution in [2.75, 3.05) is 0 Å². The van der Waals surface area contributed by atoms with E-state index in [9.17, 15) is 19.7 Å². The van der Waals surface area contributed by atoms with E-state index >= 15 is 0 Å². The van der Waals surface area contributed by atoms with Gasteiger partial charge in [-0.15, -0.1) is 0 Å². The lowest BCUT2D eigenvalue weighted by molar-refractivity contribution is -0.384. The fourth-order valence-electron chi connectivity index (χ4n) is 2.87. The highest BCUT2D eigenvalue weighted by molar-refractivity contribution is 8.26. The van der Waals surface area contributed by atoms with Crippen LogP contribution in [-0.4, -0.2) is 26.1 Å². The second-order valence-electron chi connectivity index (χ2n) is 6.30. The van der Waals surface area contributed by atoms with Crippen molar-refractivity contribution in [3.05, 3.63) is 93.1 Å². The van der Waals surface area contributed by atoms with Gasteiger partial charge < -0.3 is 4.42 Å². The second-order valence-corrected chi connectivity index (χ2v) is 7.98. The Labute approximate surface area is 185 Å². The van der Waals surface area contributed by atoms with Crippen LogP contribution in [0.25, 0.3) is 17.4 Å². The standard InChI is InChI=1S/C21H13N3O5S2/c25-19(13-6-2-1-3-7-13)22-23-20(26)18(31-21(23)30)12-14-10-11-17(29-14)15-8-4-5-9-16(15)24(27)28/h1-12H,(H,22,25)/b18-12+. The third kappa shape index (κ3) is 4.25. The number of nitro groups is 1. The number of hydrazine groups is 1. The smallest absolute Gasteiger partial charge is 0.285 e. The molecule has 3 aromatic rings. The summed E-state index contributed by atoms with van der Waals surface area (Å²) in [6.45, 7) is 0. The zero-order chi connectivity index (χ0) is 22.0. The van der Waals surface area contributed by atoms with Crippen molar-refractivity contribution in [3.63, 3.8) is 0 Å². The number of carbonyl (C=O) groups excluding carboxylic acids is 2. The molecular weight excluding hydrogens is 438 g/mol. The quantitative estimate of drug-likeness (QED) is 0.265. The van der Waals surface area contributed by atoms with Gasteiger partial charge in [-0.2, -0.15) is 5.01 Å². The Morgan fingerprint density at radius 2 is 1.81 bits per heavy atom. The van der Waals surface area contributed by atoms with Gasteiger partial charge in [-0.05, 0) is 42.5 Å². The van der Waals surface area contributed by atoms with Gasteiger partial charge in [-0.1, -0.05) is 42.1 Å². The van der Waals surface area contributed by atoms with Crippen LogP contribution in [0.15, 0.2) is 76.1 Å². The maximum absolute atomic E-state index is 12.7. The molecule has 2 aromatic carbocycles. The number of nitrogens with zero attached hydrogens (tertiary/aromatic N) is 2. The zero-order valence-electron chi connectivity index (χ0n) is 15.7. The average molecular weight is 451 g/mol. The molecule has 2 amide bonds. The third-order valence-electron chi connectivity index (χ3n) is 4.31. The Balaban J connectivity index is 1.54. The lowest BCUT2D eigenvalue weighted by Gasteiger charge is -2.15. The Hall–Kier alpha value is -3.76. The highest BCUT2D eigenvalue weighted by Crippen LogP contribution is 2.34. The number of nitro benzene ring substituents is 1. The maximum Gasteiger partial charge on any atom is 0.285 e. The summed E-state index contributed by atoms with van der Waals surface area (Å²) in [5.41, 5.74) is 3.13. The number of nitrogens with one attached hydrogen (secondary N) is 1. The van der Waals surface area contributed by atoms with E-state index in [4.69, 9.17) is 16.6 Å². The molecule has 0 aliphatic carbocycles. The molecular formula is C21H13N3O5S2. The Morgan fingerprint density at radius 1 is 1.10 bits per heavy atom. The normalized spacial score (nSPS) is 14.8. The van der Waals surface area contributed by atoms with Crippen LogP contribution in [0, 0.1) is 10.1 Å². The number of thiocarbonyl (C=S) groups is 1. The number of rotatable bonds is 5. The van der Waals surface area contributed by atoms with E-state index in [2.05, 4.69) is 5.43 Å². The molecule has 0 bridgehead atoms. The molecule has 154 valence electrons. The van der Waals surface area contributed by atoms with E-state index in [1.165, 1.54) is 12.1 Å². The summed E-state index contributed by atoms with van der Waals surface area (Å²) >= 11 is 6.23. The molecule has 1 N–H and O–H groups in total. The van der Waals surface area contributed by atoms with Crippen molar-refractivity contribution in [2.24, 2.45) is 0 Å². The van der Waals surface area contributed by atoms with Crippen LogP contribution in [-0.2, 0) is 4.79 Å². The third-order valence-corrected chi connectivity index (χ3v) is 5.61. The number of hydrogen-bond donors (Lipinski definition) is 1. The number of thioether (sulfide) groups is 1. The number of carbonyl (C=O) groups is 2. The fourth-order valence-corrected chi connectivity index (χ4v) is 4.02. The monoisotopic (exact) mass is 451 g/mol. The number of amides is 2. The molecule has 10 heteroatoms. The topological polar surface area (TPSA) is 106 Å². The molecule has 1 aromatic heterocycles. The van der Waals surface area contributed by atoms with E-state index in [-0.39, 0.29) is 14.9 Å². The highest BCUT2D eigenvalue weighted by atomic mass is 32.2. The lowest BCUT2D eigenvalue weighted by atomic mass is 10.1. The van der Waals surface area contributed by atoms with E-state index in [0.29, 0.717) is 22.6 Å². The fraction of sp³-hybridized carbons (Fsp3) is 0. The minimum absolute atomic E-state index is 0.0849. The van der Waals surface area contributed by atoms with E-state index in [1.54, 1.807) is 60.7 Å². The summed E-state index contributed by atoms with van der Waals surface area (Å²) in [7, 11) is 0. The Morgan fingerprint density at radius 3 is 2.55 bits per heavy atom. The second kappa shape index (κ2) is 8.54. The zero-order valence-corrected chi connectivity index (χ0v) is 17.3. The van der Waals surface area contributed by atoms with E-state index in [0.717, 1.165) is 16.8 Å². The number of furan rings is 1. The molecule has 0 unspecified atom stereocenters. The van der Waals surface area contributed by atoms with Crippen molar-refractivity contribution >= 4 is 51.9 Å². The molecule has 0 radical (unpaired) electrons. The van der Waals surface area contributed by atoms with Gasteiger partial charge in [-0.25, -0.2) is 0 Å². The first-order valence-electron chi connectivity index (χ1n) is 8.91. The molecule has 1 saturated heterocycles. The maximum atomic E-state index is 12.7. The van der Waals surface area contributed by atoms with Crippen molar-refractivity contribution in [2.45, 2.75) is 0 Å². The van der Waals surface area contributed by atoms with Crippen LogP contribution >= 0.6 is 24.0 Å². The van der Waals surface area contributed by atoms with Crippen LogP contribution in [0.1, 0.15) is 16.1 Å². The molecule has 0 saturated carbocycles. The molecule has 1 aliphatic heterocycles. The van der Waals surface area contributed by atoms with E-state index < -0.39 is 16.7 Å². The summed E-state index contributed by atoms with van der Waals surface area (Å²) in [5.74, 6) is -0.341. The van der Waals surface area contributed by atoms with Gasteiger partial charge in [0, 0.05) is 17.7 Å². The van der Waals surface area contributed by atoms with Crippen molar-refractivity contribution in [1.29, 1.82) is 0 Å². The molecule has 1 aliphatic rings. The lowest BCUT2D eigenvalue weighted by Crippen LogP contribution is -2.44. The summed E-state index contributed by atoms with van der Waals surface area (Å²) < 4.78 is 5.87. The van der Waals surface area contributed by atoms with Crippen LogP contribution in [0.5, 0.6) is 0 Å². The molecule has 31 heavy (non-hydrogen) atoms. The molecule has 2 heterocycles. The van der Waals surface area contributed by atoms with Crippen molar-refractivity contribution in [1.82, 2.24) is 10.4 Å². The van der Waals surface area contributed by atoms with Gasteiger partial charge in [0.25, 0.3) is 17.5 Å². The molecule has 1 fully saturated rings. The van der Waals surface area contributed by atoms with Gasteiger partial charge >= 0.3 is 0 Å². The summed E-state index contributed by atoms with van der Waals surface area (Å²) in [6, 6.07) is 17.8. The van der Waals surface area contributed by atoms with Crippen molar-refractivity contribution < 1.29 is 18.9 Å². The van der Waals surface area contributed by atoms with Gasteiger partial charge in [-0.3, -0.25) is 25.1 Å². The Bertz CT molecular complexity index is 1240. The van der Waals surface area contributed by atoms with E-state index in [1.807, 2.05) is 0 Å². The van der Waals surface area contributed by atoms with Crippen LogP contribution in [0.3, 0.4) is 0 Å². The number of benzene rings is 2. The predicted molar refractivity (Wildman–Crippen MR) is 120 cm³/mol. The first-order chi connectivity index (χ1) is 14.9. The summed E-state index contributed by atoms with van der Waals surface area (Å²) in [4.78, 5) is 36.0. The summed E-state index contributed by atoms with van der Waals surface area (Å²) in [5, 5.41) is 12.2.